The first-order valence-corrected chi connectivity index (χ1v) is 9.53. The molecule has 142 valence electrons. The molecular weight excluding hydrogens is 340 g/mol. The van der Waals surface area contributed by atoms with Gasteiger partial charge in [-0.1, -0.05) is 43.3 Å². The van der Waals surface area contributed by atoms with Gasteiger partial charge in [-0.15, -0.1) is 0 Å². The van der Waals surface area contributed by atoms with Crippen LogP contribution in [-0.2, 0) is 4.79 Å². The topological polar surface area (TPSA) is 58.6 Å². The lowest BCUT2D eigenvalue weighted by molar-refractivity contribution is -0.140. The average Bonchev–Trinajstić information content (AvgIpc) is 2.73. The number of rotatable bonds is 6. The number of carbonyl (C=O) groups is 2. The number of benzene rings is 2. The van der Waals surface area contributed by atoms with E-state index in [2.05, 4.69) is 5.32 Å². The molecule has 5 heteroatoms. The zero-order valence-corrected chi connectivity index (χ0v) is 15.6. The van der Waals surface area contributed by atoms with E-state index in [1.807, 2.05) is 60.4 Å². The van der Waals surface area contributed by atoms with Gasteiger partial charge in [-0.3, -0.25) is 9.59 Å². The zero-order chi connectivity index (χ0) is 19.1. The van der Waals surface area contributed by atoms with E-state index < -0.39 is 6.10 Å². The maximum Gasteiger partial charge on any atom is 0.263 e. The summed E-state index contributed by atoms with van der Waals surface area (Å²) in [6, 6.07) is 18.7. The predicted molar refractivity (Wildman–Crippen MR) is 105 cm³/mol. The first kappa shape index (κ1) is 19.0. The molecule has 0 aliphatic carbocycles. The molecule has 0 spiro atoms. The van der Waals surface area contributed by atoms with Gasteiger partial charge in [-0.2, -0.15) is 0 Å². The highest BCUT2D eigenvalue weighted by atomic mass is 16.5. The minimum atomic E-state index is -0.470. The number of amides is 2. The van der Waals surface area contributed by atoms with Crippen LogP contribution in [0.1, 0.15) is 36.5 Å². The fourth-order valence-electron chi connectivity index (χ4n) is 3.28. The molecule has 1 heterocycles. The monoisotopic (exact) mass is 366 g/mol. The van der Waals surface area contributed by atoms with Gasteiger partial charge in [0.05, 0.1) is 0 Å². The van der Waals surface area contributed by atoms with Crippen LogP contribution in [0, 0.1) is 0 Å². The Morgan fingerprint density at radius 2 is 1.63 bits per heavy atom. The van der Waals surface area contributed by atoms with Crippen LogP contribution in [0.25, 0.3) is 0 Å². The zero-order valence-electron chi connectivity index (χ0n) is 15.6. The summed E-state index contributed by atoms with van der Waals surface area (Å²) >= 11 is 0. The molecule has 1 aliphatic rings. The molecule has 2 aromatic carbocycles. The molecule has 0 saturated carbocycles. The van der Waals surface area contributed by atoms with E-state index >= 15 is 0 Å². The number of likely N-dealkylation sites (tertiary alicyclic amines) is 1. The van der Waals surface area contributed by atoms with E-state index in [9.17, 15) is 9.59 Å². The van der Waals surface area contributed by atoms with Crippen LogP contribution >= 0.6 is 0 Å². The number of hydrogen-bond acceptors (Lipinski definition) is 3. The van der Waals surface area contributed by atoms with Crippen molar-refractivity contribution in [2.45, 2.75) is 38.3 Å². The largest absolute Gasteiger partial charge is 0.481 e. The summed E-state index contributed by atoms with van der Waals surface area (Å²) in [5, 5.41) is 3.07. The molecule has 2 aromatic rings. The minimum Gasteiger partial charge on any atom is -0.481 e. The number of piperidine rings is 1. The van der Waals surface area contributed by atoms with Crippen LogP contribution in [0.3, 0.4) is 0 Å². The van der Waals surface area contributed by atoms with Crippen molar-refractivity contribution in [3.05, 3.63) is 66.2 Å². The van der Waals surface area contributed by atoms with Crippen LogP contribution in [0.5, 0.6) is 5.75 Å². The Morgan fingerprint density at radius 1 is 1.04 bits per heavy atom. The first-order chi connectivity index (χ1) is 13.2. The van der Waals surface area contributed by atoms with E-state index in [1.54, 1.807) is 12.1 Å². The fraction of sp³-hybridized carbons (Fsp3) is 0.364. The van der Waals surface area contributed by atoms with Crippen LogP contribution in [0.4, 0.5) is 0 Å². The minimum absolute atomic E-state index is 0.0224. The van der Waals surface area contributed by atoms with Crippen LogP contribution in [0.2, 0.25) is 0 Å². The molecule has 1 atom stereocenters. The van der Waals surface area contributed by atoms with Gasteiger partial charge < -0.3 is 15.0 Å². The van der Waals surface area contributed by atoms with E-state index in [0.717, 1.165) is 12.8 Å². The van der Waals surface area contributed by atoms with E-state index in [4.69, 9.17) is 4.74 Å². The SMILES string of the molecule is CC[C@@H](Oc1ccccc1)C(=O)N1CCC(NC(=O)c2ccccc2)CC1. The fourth-order valence-corrected chi connectivity index (χ4v) is 3.28. The van der Waals surface area contributed by atoms with Crippen molar-refractivity contribution in [1.82, 2.24) is 10.2 Å². The molecule has 27 heavy (non-hydrogen) atoms. The molecule has 0 aromatic heterocycles. The van der Waals surface area contributed by atoms with Crippen molar-refractivity contribution in [2.75, 3.05) is 13.1 Å². The Labute approximate surface area is 160 Å². The van der Waals surface area contributed by atoms with Crippen molar-refractivity contribution in [1.29, 1.82) is 0 Å². The lowest BCUT2D eigenvalue weighted by Gasteiger charge is -2.34. The summed E-state index contributed by atoms with van der Waals surface area (Å²) in [4.78, 5) is 26.9. The maximum atomic E-state index is 12.8. The van der Waals surface area contributed by atoms with Gasteiger partial charge in [-0.25, -0.2) is 0 Å². The number of carbonyl (C=O) groups excluding carboxylic acids is 2. The predicted octanol–water partition coefficient (Wildman–Crippen LogP) is 3.27. The number of nitrogens with zero attached hydrogens (tertiary/aromatic N) is 1. The van der Waals surface area contributed by atoms with Gasteiger partial charge in [-0.05, 0) is 43.5 Å². The van der Waals surface area contributed by atoms with Crippen LogP contribution < -0.4 is 10.1 Å². The normalized spacial score (nSPS) is 15.8. The number of nitrogens with one attached hydrogen (secondary N) is 1. The lowest BCUT2D eigenvalue weighted by atomic mass is 10.0. The van der Waals surface area contributed by atoms with Crippen LogP contribution in [-0.4, -0.2) is 41.9 Å². The highest BCUT2D eigenvalue weighted by Gasteiger charge is 2.29. The Morgan fingerprint density at radius 3 is 2.22 bits per heavy atom. The number of para-hydroxylation sites is 1. The van der Waals surface area contributed by atoms with Gasteiger partial charge in [0, 0.05) is 24.7 Å². The standard InChI is InChI=1S/C22H26N2O3/c1-2-20(27-19-11-7-4-8-12-19)22(26)24-15-13-18(14-16-24)23-21(25)17-9-5-3-6-10-17/h3-12,18,20H,2,13-16H2,1H3,(H,23,25)/t20-/m1/s1. The molecule has 3 rings (SSSR count). The molecule has 0 radical (unpaired) electrons. The molecule has 1 fully saturated rings. The van der Waals surface area contributed by atoms with Crippen molar-refractivity contribution in [3.63, 3.8) is 0 Å². The molecule has 1 aliphatic heterocycles. The van der Waals surface area contributed by atoms with E-state index in [0.29, 0.717) is 30.8 Å². The molecular formula is C22H26N2O3. The molecule has 5 nitrogen and oxygen atoms in total. The van der Waals surface area contributed by atoms with Crippen molar-refractivity contribution >= 4 is 11.8 Å². The van der Waals surface area contributed by atoms with Gasteiger partial charge in [0.15, 0.2) is 6.10 Å². The van der Waals surface area contributed by atoms with Crippen LogP contribution in [0.15, 0.2) is 60.7 Å². The van der Waals surface area contributed by atoms with Crippen molar-refractivity contribution < 1.29 is 14.3 Å². The molecule has 1 saturated heterocycles. The quantitative estimate of drug-likeness (QED) is 0.854. The Kier molecular flexibility index (Phi) is 6.47. The highest BCUT2D eigenvalue weighted by molar-refractivity contribution is 5.94. The summed E-state index contributed by atoms with van der Waals surface area (Å²) in [7, 11) is 0. The summed E-state index contributed by atoms with van der Waals surface area (Å²) < 4.78 is 5.87. The first-order valence-electron chi connectivity index (χ1n) is 9.53. The van der Waals surface area contributed by atoms with Gasteiger partial charge in [0.25, 0.3) is 11.8 Å². The Bertz CT molecular complexity index is 741. The van der Waals surface area contributed by atoms with Gasteiger partial charge >= 0.3 is 0 Å². The Balaban J connectivity index is 1.50. The van der Waals surface area contributed by atoms with E-state index in [1.165, 1.54) is 0 Å². The average molecular weight is 366 g/mol. The summed E-state index contributed by atoms with van der Waals surface area (Å²) in [6.07, 6.45) is 1.67. The second kappa shape index (κ2) is 9.21. The van der Waals surface area contributed by atoms with Gasteiger partial charge in [0.2, 0.25) is 0 Å². The van der Waals surface area contributed by atoms with Crippen molar-refractivity contribution in [3.8, 4) is 5.75 Å². The molecule has 2 amide bonds. The number of hydrogen-bond donors (Lipinski definition) is 1. The third kappa shape index (κ3) is 5.09. The maximum absolute atomic E-state index is 12.8. The third-order valence-electron chi connectivity index (χ3n) is 4.85. The van der Waals surface area contributed by atoms with Gasteiger partial charge in [0.1, 0.15) is 5.75 Å². The number of ether oxygens (including phenoxy) is 1. The summed E-state index contributed by atoms with van der Waals surface area (Å²) in [5.74, 6) is 0.677. The third-order valence-corrected chi connectivity index (χ3v) is 4.85. The molecule has 1 N–H and O–H groups in total. The molecule has 0 bridgehead atoms. The second-order valence-corrected chi connectivity index (χ2v) is 6.77. The smallest absolute Gasteiger partial charge is 0.263 e. The summed E-state index contributed by atoms with van der Waals surface area (Å²) in [6.45, 7) is 3.22. The summed E-state index contributed by atoms with van der Waals surface area (Å²) in [5.41, 5.74) is 0.665. The van der Waals surface area contributed by atoms with E-state index in [-0.39, 0.29) is 17.9 Å². The lowest BCUT2D eigenvalue weighted by Crippen LogP contribution is -2.50. The Hall–Kier alpha value is -2.82. The molecule has 0 unspecified atom stereocenters. The van der Waals surface area contributed by atoms with Crippen molar-refractivity contribution in [2.24, 2.45) is 0 Å². The highest BCUT2D eigenvalue weighted by Crippen LogP contribution is 2.17. The second-order valence-electron chi connectivity index (χ2n) is 6.77.